The Kier molecular flexibility index (Phi) is 790. The Morgan fingerprint density at radius 1 is 0.857 bits per heavy atom. The Morgan fingerprint density at radius 3 is 0.857 bits per heavy atom. The number of rotatable bonds is 0. The summed E-state index contributed by atoms with van der Waals surface area (Å²) in [4.78, 5) is 0. The molecule has 0 aliphatic rings. The summed E-state index contributed by atoms with van der Waals surface area (Å²) in [7, 11) is 0. The maximum atomic E-state index is 7.88. The summed E-state index contributed by atoms with van der Waals surface area (Å²) >= 11 is 2.62. The Hall–Kier alpha value is 2.15. The van der Waals surface area contributed by atoms with E-state index in [4.69, 9.17) is 3.90 Å². The van der Waals surface area contributed by atoms with E-state index < -0.39 is 0 Å². The average molecular weight is 211 g/mol. The molecule has 0 unspecified atom stereocenters. The summed E-state index contributed by atoms with van der Waals surface area (Å²) in [6.45, 7) is 0. The van der Waals surface area contributed by atoms with E-state index in [2.05, 4.69) is 15.4 Å². The Labute approximate surface area is 93.8 Å². The van der Waals surface area contributed by atoms with E-state index in [0.717, 1.165) is 0 Å². The van der Waals surface area contributed by atoms with E-state index in [-0.39, 0.29) is 75.9 Å². The fourth-order valence-electron chi connectivity index (χ4n) is 0. The Balaban J connectivity index is -0.000000000500. The van der Waals surface area contributed by atoms with Crippen molar-refractivity contribution >= 4 is 37.7 Å². The van der Waals surface area contributed by atoms with Gasteiger partial charge < -0.3 is 16.4 Å². The van der Waals surface area contributed by atoms with Gasteiger partial charge in [0.1, 0.15) is 0 Å². The minimum Gasteiger partial charge on any atom is 4.00 e. The SMILES string of the molecule is [Ca+2].[O-2].[O-2].[O-2].[O]=[Ni].[Ti+4]. The predicted octanol–water partition coefficient (Wildman–Crippen LogP) is -0.861. The molecule has 0 N–H and O–H groups in total. The van der Waals surface area contributed by atoms with Gasteiger partial charge in [0, 0.05) is 0 Å². The van der Waals surface area contributed by atoms with Crippen LogP contribution in [0.25, 0.3) is 0 Å². The van der Waals surface area contributed by atoms with Crippen LogP contribution in [0.2, 0.25) is 0 Å². The van der Waals surface area contributed by atoms with Gasteiger partial charge in [0.25, 0.3) is 0 Å². The molecule has 0 aliphatic heterocycles. The zero-order valence-electron chi connectivity index (χ0n) is 3.16. The molecule has 40 valence electrons. The van der Waals surface area contributed by atoms with Crippen molar-refractivity contribution in [3.63, 3.8) is 0 Å². The second kappa shape index (κ2) is 90.3. The van der Waals surface area contributed by atoms with Crippen molar-refractivity contribution in [1.82, 2.24) is 0 Å². The molecule has 0 heterocycles. The molecule has 0 fully saturated rings. The second-order valence-electron chi connectivity index (χ2n) is 0. The van der Waals surface area contributed by atoms with Crippen LogP contribution in [-0.2, 0) is 57.4 Å². The maximum absolute atomic E-state index is 7.88. The summed E-state index contributed by atoms with van der Waals surface area (Å²) in [5.74, 6) is 0. The first-order chi connectivity index (χ1) is 1.00. The molecule has 0 aromatic carbocycles. The summed E-state index contributed by atoms with van der Waals surface area (Å²) in [5, 5.41) is 0. The van der Waals surface area contributed by atoms with Gasteiger partial charge in [-0.3, -0.25) is 0 Å². The monoisotopic (exact) mass is 210 g/mol. The van der Waals surface area contributed by atoms with Gasteiger partial charge >= 0.3 is 78.7 Å². The number of hydrogen-bond acceptors (Lipinski definition) is 1. The van der Waals surface area contributed by atoms with Gasteiger partial charge in [0.15, 0.2) is 0 Å². The molecule has 0 rings (SSSR count). The molecule has 0 amide bonds. The molecule has 7 heteroatoms. The van der Waals surface area contributed by atoms with Crippen LogP contribution in [0.1, 0.15) is 0 Å². The minimum atomic E-state index is 0. The summed E-state index contributed by atoms with van der Waals surface area (Å²) < 4.78 is 7.88. The van der Waals surface area contributed by atoms with Crippen molar-refractivity contribution in [2.75, 3.05) is 0 Å². The van der Waals surface area contributed by atoms with Crippen LogP contribution in [0.5, 0.6) is 0 Å². The van der Waals surface area contributed by atoms with E-state index >= 15 is 0 Å². The molecule has 0 aliphatic carbocycles. The third-order valence-electron chi connectivity index (χ3n) is 0. The standard InChI is InChI=1S/Ca.Ni.4O.Ti/q+2;;;3*-2;+4. The molecule has 0 radical (unpaired) electrons. The van der Waals surface area contributed by atoms with Gasteiger partial charge in [-0.25, -0.2) is 0 Å². The van der Waals surface area contributed by atoms with Gasteiger partial charge in [-0.15, -0.1) is 0 Å². The fraction of sp³-hybridized carbons (Fsp3) is 0. The molecule has 0 bridgehead atoms. The number of hydrogen-bond donors (Lipinski definition) is 0. The van der Waals surface area contributed by atoms with E-state index in [1.165, 1.54) is 0 Å². The van der Waals surface area contributed by atoms with Gasteiger partial charge in [0.2, 0.25) is 0 Å². The zero-order chi connectivity index (χ0) is 2.00. The van der Waals surface area contributed by atoms with E-state index in [9.17, 15) is 0 Å². The van der Waals surface area contributed by atoms with Crippen molar-refractivity contribution in [3.05, 3.63) is 0 Å². The molecule has 7 heavy (non-hydrogen) atoms. The topological polar surface area (TPSA) is 103 Å². The first kappa shape index (κ1) is 61.3. The molecule has 0 spiro atoms. The summed E-state index contributed by atoms with van der Waals surface area (Å²) in [5.41, 5.74) is 0. The van der Waals surface area contributed by atoms with Crippen molar-refractivity contribution in [3.8, 4) is 0 Å². The molecule has 0 aromatic heterocycles. The quantitative estimate of drug-likeness (QED) is 0.477. The van der Waals surface area contributed by atoms with Crippen LogP contribution in [0.15, 0.2) is 0 Å². The molecular weight excluding hydrogens is 211 g/mol. The van der Waals surface area contributed by atoms with Gasteiger partial charge in [-0.2, -0.15) is 0 Å². The molecule has 4 nitrogen and oxygen atoms in total. The van der Waals surface area contributed by atoms with Crippen LogP contribution in [0, 0.1) is 0 Å². The van der Waals surface area contributed by atoms with Crippen LogP contribution >= 0.6 is 0 Å². The van der Waals surface area contributed by atoms with Crippen molar-refractivity contribution in [1.29, 1.82) is 0 Å². The third kappa shape index (κ3) is 66.8. The Morgan fingerprint density at radius 2 is 0.857 bits per heavy atom. The largest absolute Gasteiger partial charge is 4.00 e. The molecule has 0 atom stereocenters. The van der Waals surface area contributed by atoms with Crippen LogP contribution in [0.4, 0.5) is 0 Å². The summed E-state index contributed by atoms with van der Waals surface area (Å²) in [6.07, 6.45) is 0. The maximum Gasteiger partial charge on any atom is 4.00 e. The molecule has 0 aromatic rings. The third-order valence-corrected chi connectivity index (χ3v) is 0. The van der Waals surface area contributed by atoms with Gasteiger partial charge in [-0.05, 0) is 0 Å². The van der Waals surface area contributed by atoms with Gasteiger partial charge in [0.05, 0.1) is 0 Å². The fourth-order valence-corrected chi connectivity index (χ4v) is 0. The first-order valence-corrected chi connectivity index (χ1v) is 0.532. The predicted molar refractivity (Wildman–Crippen MR) is 8.50 cm³/mol. The van der Waals surface area contributed by atoms with Crippen molar-refractivity contribution in [2.45, 2.75) is 0 Å². The average Bonchev–Trinajstić information content (AvgIpc) is 1.00. The van der Waals surface area contributed by atoms with E-state index in [0.29, 0.717) is 0 Å². The molecule has 0 saturated heterocycles. The van der Waals surface area contributed by atoms with E-state index in [1.54, 1.807) is 0 Å². The van der Waals surface area contributed by atoms with Crippen LogP contribution in [-0.4, -0.2) is 37.7 Å². The van der Waals surface area contributed by atoms with Crippen LogP contribution < -0.4 is 0 Å². The normalized spacial score (nSPS) is 0.857. The van der Waals surface area contributed by atoms with Crippen LogP contribution in [0.3, 0.4) is 0 Å². The van der Waals surface area contributed by atoms with Crippen molar-refractivity contribution in [2.24, 2.45) is 0 Å². The molecule has 0 saturated carbocycles. The van der Waals surface area contributed by atoms with E-state index in [1.807, 2.05) is 0 Å². The minimum absolute atomic E-state index is 0. The second-order valence-corrected chi connectivity index (χ2v) is 0. The molecular formula is CaNiO4Ti. The zero-order valence-corrected chi connectivity index (χ0v) is 7.91. The van der Waals surface area contributed by atoms with Gasteiger partial charge in [-0.1, -0.05) is 0 Å². The summed E-state index contributed by atoms with van der Waals surface area (Å²) in [6, 6.07) is 0. The van der Waals surface area contributed by atoms with Crippen molar-refractivity contribution < 1.29 is 57.4 Å². The smallest absolute Gasteiger partial charge is 4.00 e. The first-order valence-electron chi connectivity index (χ1n) is 0.129. The Bertz CT molecular complexity index is 11.7.